The van der Waals surface area contributed by atoms with E-state index in [2.05, 4.69) is 17.6 Å². The zero-order valence-corrected chi connectivity index (χ0v) is 22.0. The molecule has 1 aromatic carbocycles. The Morgan fingerprint density at radius 3 is 2.71 bits per heavy atom. The smallest absolute Gasteiger partial charge is 0.341 e. The van der Waals surface area contributed by atoms with Crippen molar-refractivity contribution in [2.75, 3.05) is 17.2 Å². The van der Waals surface area contributed by atoms with Crippen LogP contribution in [-0.2, 0) is 27.2 Å². The van der Waals surface area contributed by atoms with Crippen molar-refractivity contribution in [3.05, 3.63) is 40.3 Å². The van der Waals surface area contributed by atoms with Crippen LogP contribution in [0.15, 0.2) is 29.2 Å². The molecule has 2 atom stereocenters. The molecule has 0 radical (unpaired) electrons. The molecule has 2 N–H and O–H groups in total. The van der Waals surface area contributed by atoms with Crippen molar-refractivity contribution in [1.29, 1.82) is 0 Å². The van der Waals surface area contributed by atoms with Crippen LogP contribution in [0.5, 0.6) is 0 Å². The van der Waals surface area contributed by atoms with Gasteiger partial charge in [0.2, 0.25) is 11.8 Å². The highest BCUT2D eigenvalue weighted by atomic mass is 32.2. The molecule has 0 bridgehead atoms. The van der Waals surface area contributed by atoms with E-state index in [9.17, 15) is 14.4 Å². The summed E-state index contributed by atoms with van der Waals surface area (Å²) in [4.78, 5) is 40.0. The first kappa shape index (κ1) is 26.3. The SMILES string of the molecule is CCCC(=O)Nc1cccc(SC(CC)C(=O)Nc2sc3c(c2C(=O)OCC)CCC(C)C3)c1. The Bertz CT molecular complexity index is 1030. The molecule has 0 fully saturated rings. The zero-order chi connectivity index (χ0) is 24.7. The number of thiophene rings is 1. The molecule has 3 rings (SSSR count). The van der Waals surface area contributed by atoms with Crippen LogP contribution in [0.1, 0.15) is 74.2 Å². The largest absolute Gasteiger partial charge is 0.462 e. The van der Waals surface area contributed by atoms with Gasteiger partial charge in [-0.15, -0.1) is 23.1 Å². The number of rotatable bonds is 10. The van der Waals surface area contributed by atoms with Crippen LogP contribution in [0, 0.1) is 5.92 Å². The molecule has 8 heteroatoms. The number of carbonyl (C=O) groups is 3. The lowest BCUT2D eigenvalue weighted by Gasteiger charge is -2.18. The van der Waals surface area contributed by atoms with Crippen molar-refractivity contribution in [3.8, 4) is 0 Å². The fraction of sp³-hybridized carbons (Fsp3) is 0.500. The van der Waals surface area contributed by atoms with Crippen molar-refractivity contribution in [3.63, 3.8) is 0 Å². The van der Waals surface area contributed by atoms with Gasteiger partial charge in [-0.3, -0.25) is 9.59 Å². The summed E-state index contributed by atoms with van der Waals surface area (Å²) in [6.45, 7) is 8.24. The second-order valence-corrected chi connectivity index (χ2v) is 11.0. The lowest BCUT2D eigenvalue weighted by molar-refractivity contribution is -0.116. The van der Waals surface area contributed by atoms with Crippen LogP contribution in [0.4, 0.5) is 10.7 Å². The molecule has 0 saturated heterocycles. The highest BCUT2D eigenvalue weighted by Gasteiger charge is 2.30. The van der Waals surface area contributed by atoms with Gasteiger partial charge in [0.05, 0.1) is 17.4 Å². The molecule has 2 aromatic rings. The first-order valence-corrected chi connectivity index (χ1v) is 13.7. The Balaban J connectivity index is 1.77. The highest BCUT2D eigenvalue weighted by Crippen LogP contribution is 2.40. The van der Waals surface area contributed by atoms with Crippen molar-refractivity contribution in [1.82, 2.24) is 0 Å². The fourth-order valence-corrected chi connectivity index (χ4v) is 6.45. The summed E-state index contributed by atoms with van der Waals surface area (Å²) in [6.07, 6.45) is 4.67. The molecule has 184 valence electrons. The number of hydrogen-bond acceptors (Lipinski definition) is 6. The van der Waals surface area contributed by atoms with E-state index < -0.39 is 0 Å². The Hall–Kier alpha value is -2.32. The summed E-state index contributed by atoms with van der Waals surface area (Å²) in [5.74, 6) is 0.0527. The maximum atomic E-state index is 13.3. The molecule has 1 heterocycles. The van der Waals surface area contributed by atoms with Gasteiger partial charge >= 0.3 is 5.97 Å². The van der Waals surface area contributed by atoms with E-state index in [1.807, 2.05) is 38.1 Å². The third-order valence-corrected chi connectivity index (χ3v) is 8.29. The molecule has 0 saturated carbocycles. The minimum absolute atomic E-state index is 0.0168. The molecule has 0 aliphatic heterocycles. The molecular formula is C26H34N2O4S2. The van der Waals surface area contributed by atoms with Gasteiger partial charge in [0.15, 0.2) is 0 Å². The van der Waals surface area contributed by atoms with Crippen molar-refractivity contribution in [2.24, 2.45) is 5.92 Å². The van der Waals surface area contributed by atoms with Gasteiger partial charge in [0.25, 0.3) is 0 Å². The minimum atomic E-state index is -0.360. The predicted octanol–water partition coefficient (Wildman–Crippen LogP) is 6.30. The number of anilines is 2. The lowest BCUT2D eigenvalue weighted by Crippen LogP contribution is -2.25. The summed E-state index contributed by atoms with van der Waals surface area (Å²) in [7, 11) is 0. The number of hydrogen-bond donors (Lipinski definition) is 2. The second kappa shape index (κ2) is 12.4. The maximum absolute atomic E-state index is 13.3. The summed E-state index contributed by atoms with van der Waals surface area (Å²) in [6, 6.07) is 7.55. The Kier molecular flexibility index (Phi) is 9.59. The molecule has 2 unspecified atom stereocenters. The summed E-state index contributed by atoms with van der Waals surface area (Å²) in [5, 5.41) is 6.21. The number of amides is 2. The average molecular weight is 503 g/mol. The number of fused-ring (bicyclic) bond motifs is 1. The highest BCUT2D eigenvalue weighted by molar-refractivity contribution is 8.00. The monoisotopic (exact) mass is 502 g/mol. The number of ether oxygens (including phenoxy) is 1. The molecule has 1 aliphatic rings. The molecule has 6 nitrogen and oxygen atoms in total. The van der Waals surface area contributed by atoms with Gasteiger partial charge in [-0.1, -0.05) is 26.8 Å². The minimum Gasteiger partial charge on any atom is -0.462 e. The number of thioether (sulfide) groups is 1. The van der Waals surface area contributed by atoms with Gasteiger partial charge in [-0.2, -0.15) is 0 Å². The average Bonchev–Trinajstić information content (AvgIpc) is 3.14. The topological polar surface area (TPSA) is 84.5 Å². The van der Waals surface area contributed by atoms with Gasteiger partial charge in [0, 0.05) is 21.9 Å². The van der Waals surface area contributed by atoms with Crippen molar-refractivity contribution < 1.29 is 19.1 Å². The van der Waals surface area contributed by atoms with Crippen LogP contribution in [0.25, 0.3) is 0 Å². The number of esters is 1. The second-order valence-electron chi connectivity index (χ2n) is 8.61. The first-order valence-electron chi connectivity index (χ1n) is 12.0. The van der Waals surface area contributed by atoms with E-state index >= 15 is 0 Å². The molecule has 0 spiro atoms. The molecule has 1 aliphatic carbocycles. The molecule has 34 heavy (non-hydrogen) atoms. The Morgan fingerprint density at radius 2 is 2.00 bits per heavy atom. The number of carbonyl (C=O) groups excluding carboxylic acids is 3. The number of benzene rings is 1. The standard InChI is InChI=1S/C26H34N2O4S2/c1-5-9-22(29)27-17-10-8-11-18(15-17)33-20(6-2)24(30)28-25-23(26(31)32-7-3)19-13-12-16(4)14-21(19)34-25/h8,10-11,15-16,20H,5-7,9,12-14H2,1-4H3,(H,27,29)(H,28,30). The normalized spacial score (nSPS) is 15.8. The number of nitrogens with one attached hydrogen (secondary N) is 2. The van der Waals surface area contributed by atoms with E-state index in [4.69, 9.17) is 4.74 Å². The fourth-order valence-electron chi connectivity index (χ4n) is 4.03. The van der Waals surface area contributed by atoms with Gasteiger partial charge in [-0.25, -0.2) is 4.79 Å². The zero-order valence-electron chi connectivity index (χ0n) is 20.4. The van der Waals surface area contributed by atoms with Crippen LogP contribution in [0.2, 0.25) is 0 Å². The molecule has 1 aromatic heterocycles. The summed E-state index contributed by atoms with van der Waals surface area (Å²) in [5.41, 5.74) is 2.29. The quantitative estimate of drug-likeness (QED) is 0.294. The predicted molar refractivity (Wildman–Crippen MR) is 140 cm³/mol. The van der Waals surface area contributed by atoms with Crippen molar-refractivity contribution in [2.45, 2.75) is 76.4 Å². The summed E-state index contributed by atoms with van der Waals surface area (Å²) < 4.78 is 5.32. The first-order chi connectivity index (χ1) is 16.4. The maximum Gasteiger partial charge on any atom is 0.341 e. The Labute approximate surface area is 210 Å². The van der Waals surface area contributed by atoms with E-state index in [1.54, 1.807) is 6.92 Å². The molecule has 2 amide bonds. The van der Waals surface area contributed by atoms with E-state index in [0.717, 1.165) is 41.8 Å². The molecular weight excluding hydrogens is 468 g/mol. The van der Waals surface area contributed by atoms with E-state index in [-0.39, 0.29) is 23.0 Å². The van der Waals surface area contributed by atoms with Gasteiger partial charge < -0.3 is 15.4 Å². The Morgan fingerprint density at radius 1 is 1.21 bits per heavy atom. The third-order valence-electron chi connectivity index (χ3n) is 5.76. The van der Waals surface area contributed by atoms with Crippen LogP contribution >= 0.6 is 23.1 Å². The van der Waals surface area contributed by atoms with Gasteiger partial charge in [0.1, 0.15) is 5.00 Å². The van der Waals surface area contributed by atoms with Crippen LogP contribution in [-0.4, -0.2) is 29.6 Å². The van der Waals surface area contributed by atoms with Gasteiger partial charge in [-0.05, 0) is 68.7 Å². The van der Waals surface area contributed by atoms with E-state index in [1.165, 1.54) is 28.0 Å². The van der Waals surface area contributed by atoms with Crippen molar-refractivity contribution >= 4 is 51.6 Å². The van der Waals surface area contributed by atoms with Crippen LogP contribution < -0.4 is 10.6 Å². The summed E-state index contributed by atoms with van der Waals surface area (Å²) >= 11 is 2.96. The van der Waals surface area contributed by atoms with E-state index in [0.29, 0.717) is 35.9 Å². The third kappa shape index (κ3) is 6.63. The lowest BCUT2D eigenvalue weighted by atomic mass is 9.88. The van der Waals surface area contributed by atoms with Crippen LogP contribution in [0.3, 0.4) is 0 Å².